The number of ether oxygens (including phenoxy) is 1. The average Bonchev–Trinajstić information content (AvgIpc) is 2.81. The van der Waals surface area contributed by atoms with Crippen LogP contribution in [0.4, 0.5) is 0 Å². The highest BCUT2D eigenvalue weighted by atomic mass is 35.5. The Hall–Kier alpha value is -0.690. The Bertz CT molecular complexity index is 464. The molecule has 1 aromatic rings. The Labute approximate surface area is 129 Å². The Morgan fingerprint density at radius 1 is 1.65 bits per heavy atom. The molecule has 20 heavy (non-hydrogen) atoms. The van der Waals surface area contributed by atoms with Gasteiger partial charge in [0.15, 0.2) is 0 Å². The highest BCUT2D eigenvalue weighted by Crippen LogP contribution is 2.28. The molecule has 1 atom stereocenters. The molecular formula is C13H22ClN3O2S. The van der Waals surface area contributed by atoms with Crippen LogP contribution in [0.15, 0.2) is 5.38 Å². The second kappa shape index (κ2) is 6.85. The molecular weight excluding hydrogens is 298 g/mol. The van der Waals surface area contributed by atoms with Crippen molar-refractivity contribution in [1.82, 2.24) is 9.88 Å². The van der Waals surface area contributed by atoms with Gasteiger partial charge < -0.3 is 15.4 Å². The molecule has 1 unspecified atom stereocenters. The van der Waals surface area contributed by atoms with E-state index < -0.39 is 0 Å². The molecule has 2 heterocycles. The van der Waals surface area contributed by atoms with Gasteiger partial charge in [-0.3, -0.25) is 4.79 Å². The minimum atomic E-state index is -0.0424. The van der Waals surface area contributed by atoms with Crippen LogP contribution in [0.2, 0.25) is 0 Å². The third-order valence-corrected chi connectivity index (χ3v) is 4.46. The summed E-state index contributed by atoms with van der Waals surface area (Å²) in [6.07, 6.45) is 0.841. The van der Waals surface area contributed by atoms with Gasteiger partial charge in [0.2, 0.25) is 0 Å². The molecule has 1 fully saturated rings. The zero-order chi connectivity index (χ0) is 14.0. The molecule has 1 amide bonds. The third kappa shape index (κ3) is 3.69. The fourth-order valence-electron chi connectivity index (χ4n) is 2.31. The molecule has 0 spiro atoms. The van der Waals surface area contributed by atoms with Crippen LogP contribution < -0.4 is 5.73 Å². The van der Waals surface area contributed by atoms with Crippen molar-refractivity contribution in [2.24, 2.45) is 11.1 Å². The molecule has 0 saturated carbocycles. The molecule has 1 aliphatic rings. The van der Waals surface area contributed by atoms with Gasteiger partial charge in [-0.05, 0) is 11.8 Å². The first-order valence-electron chi connectivity index (χ1n) is 6.42. The summed E-state index contributed by atoms with van der Waals surface area (Å²) in [5.41, 5.74) is 6.56. The minimum absolute atomic E-state index is 0. The van der Waals surface area contributed by atoms with Crippen LogP contribution in [-0.4, -0.2) is 42.0 Å². The van der Waals surface area contributed by atoms with E-state index in [1.807, 2.05) is 4.90 Å². The Morgan fingerprint density at radius 2 is 2.35 bits per heavy atom. The van der Waals surface area contributed by atoms with E-state index in [2.05, 4.69) is 18.8 Å². The quantitative estimate of drug-likeness (QED) is 0.924. The zero-order valence-corrected chi connectivity index (χ0v) is 13.7. The summed E-state index contributed by atoms with van der Waals surface area (Å²) in [5, 5.41) is 2.64. The molecule has 114 valence electrons. The summed E-state index contributed by atoms with van der Waals surface area (Å²) in [6, 6.07) is 0.149. The van der Waals surface area contributed by atoms with E-state index in [1.54, 1.807) is 12.5 Å². The number of methoxy groups -OCH3 is 1. The first-order valence-corrected chi connectivity index (χ1v) is 7.30. The number of halogens is 1. The van der Waals surface area contributed by atoms with Gasteiger partial charge in [-0.1, -0.05) is 13.8 Å². The first-order chi connectivity index (χ1) is 8.94. The minimum Gasteiger partial charge on any atom is -0.378 e. The maximum absolute atomic E-state index is 12.4. The van der Waals surface area contributed by atoms with E-state index in [4.69, 9.17) is 10.5 Å². The Kier molecular flexibility index (Phi) is 5.94. The molecule has 0 bridgehead atoms. The monoisotopic (exact) mass is 319 g/mol. The lowest BCUT2D eigenvalue weighted by Crippen LogP contribution is -2.54. The molecule has 1 saturated heterocycles. The number of nitrogens with two attached hydrogens (primary N) is 1. The fraction of sp³-hybridized carbons (Fsp3) is 0.692. The summed E-state index contributed by atoms with van der Waals surface area (Å²) in [6.45, 7) is 6.06. The average molecular weight is 320 g/mol. The normalized spacial score (nSPS) is 21.4. The largest absolute Gasteiger partial charge is 0.378 e. The molecule has 0 aromatic carbocycles. The van der Waals surface area contributed by atoms with E-state index in [-0.39, 0.29) is 29.8 Å². The molecule has 7 heteroatoms. The van der Waals surface area contributed by atoms with Crippen LogP contribution in [-0.2, 0) is 11.3 Å². The van der Waals surface area contributed by atoms with E-state index in [9.17, 15) is 4.79 Å². The highest BCUT2D eigenvalue weighted by molar-refractivity contribution is 7.09. The van der Waals surface area contributed by atoms with Crippen molar-refractivity contribution in [3.63, 3.8) is 0 Å². The predicted molar refractivity (Wildman–Crippen MR) is 82.4 cm³/mol. The number of carbonyl (C=O) groups is 1. The molecule has 5 nitrogen and oxygen atoms in total. The number of hydrogen-bond donors (Lipinski definition) is 1. The number of amides is 1. The SMILES string of the molecule is COCc1nc(C(=O)N2CCC(N)C(C)(C)C2)cs1.Cl. The number of carbonyl (C=O) groups excluding carboxylic acids is 1. The van der Waals surface area contributed by atoms with E-state index >= 15 is 0 Å². The maximum atomic E-state index is 12.4. The number of thiazole rings is 1. The molecule has 0 radical (unpaired) electrons. The summed E-state index contributed by atoms with van der Waals surface area (Å²) in [7, 11) is 1.62. The molecule has 2 N–H and O–H groups in total. The lowest BCUT2D eigenvalue weighted by molar-refractivity contribution is 0.0527. The van der Waals surface area contributed by atoms with Gasteiger partial charge >= 0.3 is 0 Å². The van der Waals surface area contributed by atoms with Crippen LogP contribution in [0.5, 0.6) is 0 Å². The molecule has 0 aliphatic carbocycles. The fourth-order valence-corrected chi connectivity index (χ4v) is 3.05. The summed E-state index contributed by atoms with van der Waals surface area (Å²) < 4.78 is 5.02. The van der Waals surface area contributed by atoms with Crippen LogP contribution in [0, 0.1) is 5.41 Å². The number of piperidine rings is 1. The Balaban J connectivity index is 0.00000200. The van der Waals surface area contributed by atoms with Crippen molar-refractivity contribution in [1.29, 1.82) is 0 Å². The summed E-state index contributed by atoms with van der Waals surface area (Å²) >= 11 is 1.46. The zero-order valence-electron chi connectivity index (χ0n) is 12.1. The number of likely N-dealkylation sites (tertiary alicyclic amines) is 1. The third-order valence-electron chi connectivity index (χ3n) is 3.64. The standard InChI is InChI=1S/C13H21N3O2S.ClH/c1-13(2)8-16(5-4-10(13)14)12(17)9-7-19-11(15-9)6-18-3;/h7,10H,4-6,8,14H2,1-3H3;1H. The van der Waals surface area contributed by atoms with Crippen molar-refractivity contribution >= 4 is 29.7 Å². The van der Waals surface area contributed by atoms with Crippen molar-refractivity contribution in [3.05, 3.63) is 16.1 Å². The first kappa shape index (κ1) is 17.4. The summed E-state index contributed by atoms with van der Waals surface area (Å²) in [5.74, 6) is -0.00132. The Morgan fingerprint density at radius 3 is 2.95 bits per heavy atom. The maximum Gasteiger partial charge on any atom is 0.273 e. The number of hydrogen-bond acceptors (Lipinski definition) is 5. The van der Waals surface area contributed by atoms with Gasteiger partial charge in [-0.15, -0.1) is 23.7 Å². The van der Waals surface area contributed by atoms with Crippen LogP contribution in [0.25, 0.3) is 0 Å². The van der Waals surface area contributed by atoms with Crippen LogP contribution in [0.1, 0.15) is 35.8 Å². The van der Waals surface area contributed by atoms with Crippen molar-refractivity contribution in [2.45, 2.75) is 32.9 Å². The van der Waals surface area contributed by atoms with E-state index in [0.29, 0.717) is 25.4 Å². The number of aromatic nitrogens is 1. The van der Waals surface area contributed by atoms with Crippen LogP contribution in [0.3, 0.4) is 0 Å². The molecule has 1 aromatic heterocycles. The lowest BCUT2D eigenvalue weighted by Gasteiger charge is -2.42. The number of nitrogens with zero attached hydrogens (tertiary/aromatic N) is 2. The molecule has 2 rings (SSSR count). The molecule has 1 aliphatic heterocycles. The van der Waals surface area contributed by atoms with Gasteiger partial charge in [-0.2, -0.15) is 0 Å². The van der Waals surface area contributed by atoms with Crippen molar-refractivity contribution in [2.75, 3.05) is 20.2 Å². The smallest absolute Gasteiger partial charge is 0.273 e. The van der Waals surface area contributed by atoms with Crippen molar-refractivity contribution in [3.8, 4) is 0 Å². The van der Waals surface area contributed by atoms with Gasteiger partial charge in [0.1, 0.15) is 10.7 Å². The van der Waals surface area contributed by atoms with Gasteiger partial charge in [0.05, 0.1) is 6.61 Å². The topological polar surface area (TPSA) is 68.5 Å². The van der Waals surface area contributed by atoms with Gasteiger partial charge in [-0.25, -0.2) is 4.98 Å². The second-order valence-corrected chi connectivity index (χ2v) is 6.61. The van der Waals surface area contributed by atoms with Gasteiger partial charge in [0.25, 0.3) is 5.91 Å². The van der Waals surface area contributed by atoms with E-state index in [0.717, 1.165) is 11.4 Å². The lowest BCUT2D eigenvalue weighted by atomic mass is 9.79. The van der Waals surface area contributed by atoms with Gasteiger partial charge in [0, 0.05) is 31.6 Å². The van der Waals surface area contributed by atoms with Crippen molar-refractivity contribution < 1.29 is 9.53 Å². The predicted octanol–water partition coefficient (Wildman–Crippen LogP) is 1.91. The second-order valence-electron chi connectivity index (χ2n) is 5.67. The van der Waals surface area contributed by atoms with Crippen LogP contribution >= 0.6 is 23.7 Å². The number of rotatable bonds is 3. The highest BCUT2D eigenvalue weighted by Gasteiger charge is 2.36. The van der Waals surface area contributed by atoms with E-state index in [1.165, 1.54) is 11.3 Å². The summed E-state index contributed by atoms with van der Waals surface area (Å²) in [4.78, 5) is 18.6.